The molecule has 44 valence electrons. The van der Waals surface area contributed by atoms with Crippen molar-refractivity contribution in [3.05, 3.63) is 24.9 Å². The molecule has 0 aromatic carbocycles. The van der Waals surface area contributed by atoms with Gasteiger partial charge in [-0.05, 0) is 6.08 Å². The van der Waals surface area contributed by atoms with Crippen molar-refractivity contribution in [3.8, 4) is 0 Å². The maximum atomic E-state index is 5.25. The molecule has 2 heteroatoms. The molecule has 0 bridgehead atoms. The summed E-state index contributed by atoms with van der Waals surface area (Å²) in [4.78, 5) is 2.79. The Kier molecular flexibility index (Phi) is 3.58. The van der Waals surface area contributed by atoms with Gasteiger partial charge in [-0.3, -0.25) is 10.7 Å². The third-order valence-electron chi connectivity index (χ3n) is 0.543. The average molecular weight is 111 g/mol. The first-order valence-corrected chi connectivity index (χ1v) is 2.40. The Morgan fingerprint density at radius 2 is 2.38 bits per heavy atom. The highest BCUT2D eigenvalue weighted by molar-refractivity contribution is 5.71. The quantitative estimate of drug-likeness (QED) is 0.272. The van der Waals surface area contributed by atoms with Crippen molar-refractivity contribution < 1.29 is 4.99 Å². The first kappa shape index (κ1) is 6.95. The molecule has 0 rings (SSSR count). The summed E-state index contributed by atoms with van der Waals surface area (Å²) in [5.74, 6) is 0.683. The molecule has 0 amide bonds. The van der Waals surface area contributed by atoms with Gasteiger partial charge < -0.3 is 0 Å². The van der Waals surface area contributed by atoms with Gasteiger partial charge in [0.2, 0.25) is 5.84 Å². The van der Waals surface area contributed by atoms with Gasteiger partial charge in [0.1, 0.15) is 0 Å². The summed E-state index contributed by atoms with van der Waals surface area (Å²) in [7, 11) is 0. The van der Waals surface area contributed by atoms with Crippen molar-refractivity contribution >= 4 is 5.84 Å². The molecule has 0 atom stereocenters. The molecule has 8 heavy (non-hydrogen) atoms. The number of hydrogen-bond donors (Lipinski definition) is 2. The highest BCUT2D eigenvalue weighted by atomic mass is 14.8. The molecule has 0 heterocycles. The molecule has 0 fully saturated rings. The lowest BCUT2D eigenvalue weighted by molar-refractivity contribution is -0.374. The number of rotatable bonds is 2. The summed E-state index contributed by atoms with van der Waals surface area (Å²) in [5, 5.41) is 0. The molecule has 3 N–H and O–H groups in total. The molecule has 2 nitrogen and oxygen atoms in total. The van der Waals surface area contributed by atoms with Crippen LogP contribution in [0.1, 0.15) is 6.92 Å². The Morgan fingerprint density at radius 3 is 2.75 bits per heavy atom. The lowest BCUT2D eigenvalue weighted by Crippen LogP contribution is -2.68. The van der Waals surface area contributed by atoms with E-state index in [9.17, 15) is 0 Å². The second-order valence-corrected chi connectivity index (χ2v) is 1.42. The summed E-state index contributed by atoms with van der Waals surface area (Å²) in [6.07, 6.45) is 5.18. The van der Waals surface area contributed by atoms with E-state index in [0.29, 0.717) is 5.84 Å². The Balaban J connectivity index is 3.57. The second-order valence-electron chi connectivity index (χ2n) is 1.42. The van der Waals surface area contributed by atoms with Gasteiger partial charge in [-0.1, -0.05) is 12.7 Å². The lowest BCUT2D eigenvalue weighted by atomic mass is 10.6. The predicted molar refractivity (Wildman–Crippen MR) is 35.2 cm³/mol. The van der Waals surface area contributed by atoms with Crippen LogP contribution < -0.4 is 10.7 Å². The Morgan fingerprint density at radius 1 is 1.75 bits per heavy atom. The van der Waals surface area contributed by atoms with Crippen molar-refractivity contribution in [1.29, 1.82) is 0 Å². The van der Waals surface area contributed by atoms with E-state index in [1.165, 1.54) is 0 Å². The van der Waals surface area contributed by atoms with Gasteiger partial charge in [-0.15, -0.1) is 0 Å². The van der Waals surface area contributed by atoms with Gasteiger partial charge in [-0.25, -0.2) is 0 Å². The molecular formula is C6H11N2+. The van der Waals surface area contributed by atoms with E-state index >= 15 is 0 Å². The molecule has 0 aromatic heterocycles. The van der Waals surface area contributed by atoms with Crippen molar-refractivity contribution in [1.82, 2.24) is 0 Å². The molecule has 0 radical (unpaired) electrons. The molecule has 0 saturated heterocycles. The van der Waals surface area contributed by atoms with E-state index in [4.69, 9.17) is 5.73 Å². The highest BCUT2D eigenvalue weighted by Gasteiger charge is 1.75. The number of nitrogens with one attached hydrogen (secondary N) is 1. The third kappa shape index (κ3) is 4.95. The van der Waals surface area contributed by atoms with Gasteiger partial charge in [0.05, 0.1) is 6.20 Å². The first-order valence-electron chi connectivity index (χ1n) is 2.40. The van der Waals surface area contributed by atoms with Crippen LogP contribution in [-0.2, 0) is 0 Å². The van der Waals surface area contributed by atoms with Crippen LogP contribution in [0.15, 0.2) is 24.9 Å². The maximum absolute atomic E-state index is 5.25. The fourth-order valence-corrected chi connectivity index (χ4v) is 0.248. The second kappa shape index (κ2) is 4.12. The standard InChI is InChI=1S/C6H10N2/c1-3-4-5-8-6(2)7/h3-5H,1H2,2H3,(H2,7,8)/p+1. The number of allylic oxidation sites excluding steroid dienone is 2. The van der Waals surface area contributed by atoms with Crippen LogP contribution in [-0.4, -0.2) is 5.84 Å². The Bertz CT molecular complexity index is 118. The predicted octanol–water partition coefficient (Wildman–Crippen LogP) is -0.856. The van der Waals surface area contributed by atoms with E-state index in [0.717, 1.165) is 0 Å². The fourth-order valence-electron chi connectivity index (χ4n) is 0.248. The minimum Gasteiger partial charge on any atom is -0.291 e. The zero-order valence-electron chi connectivity index (χ0n) is 5.02. The van der Waals surface area contributed by atoms with E-state index in [-0.39, 0.29) is 0 Å². The van der Waals surface area contributed by atoms with Crippen molar-refractivity contribution in [2.24, 2.45) is 5.73 Å². The van der Waals surface area contributed by atoms with Crippen molar-refractivity contribution in [3.63, 3.8) is 0 Å². The molecule has 0 saturated carbocycles. The van der Waals surface area contributed by atoms with Crippen molar-refractivity contribution in [2.75, 3.05) is 0 Å². The zero-order valence-corrected chi connectivity index (χ0v) is 5.02. The van der Waals surface area contributed by atoms with E-state index in [1.54, 1.807) is 25.3 Å². The van der Waals surface area contributed by atoms with E-state index in [2.05, 4.69) is 11.6 Å². The largest absolute Gasteiger partial charge is 0.291 e. The number of nitrogens with two attached hydrogens (primary N) is 1. The summed E-state index contributed by atoms with van der Waals surface area (Å²) < 4.78 is 0. The van der Waals surface area contributed by atoms with Crippen LogP contribution >= 0.6 is 0 Å². The van der Waals surface area contributed by atoms with Gasteiger partial charge in [0.25, 0.3) is 0 Å². The molecular weight excluding hydrogens is 100 g/mol. The number of amidine groups is 1. The zero-order chi connectivity index (χ0) is 6.41. The van der Waals surface area contributed by atoms with Crippen LogP contribution in [0.5, 0.6) is 0 Å². The molecule has 0 unspecified atom stereocenters. The molecule has 0 spiro atoms. The summed E-state index contributed by atoms with van der Waals surface area (Å²) >= 11 is 0. The minimum atomic E-state index is 0.683. The highest BCUT2D eigenvalue weighted by Crippen LogP contribution is 1.57. The van der Waals surface area contributed by atoms with Gasteiger partial charge in [0, 0.05) is 6.92 Å². The van der Waals surface area contributed by atoms with Crippen LogP contribution in [0.4, 0.5) is 0 Å². The Hall–Kier alpha value is -1.05. The summed E-state index contributed by atoms with van der Waals surface area (Å²) in [6.45, 7) is 5.27. The van der Waals surface area contributed by atoms with Gasteiger partial charge >= 0.3 is 0 Å². The third-order valence-corrected chi connectivity index (χ3v) is 0.543. The first-order chi connectivity index (χ1) is 3.77. The molecule has 0 aliphatic rings. The van der Waals surface area contributed by atoms with Crippen LogP contribution in [0.2, 0.25) is 0 Å². The van der Waals surface area contributed by atoms with Gasteiger partial charge in [0.15, 0.2) is 0 Å². The minimum absolute atomic E-state index is 0.683. The Labute approximate surface area is 49.4 Å². The van der Waals surface area contributed by atoms with Crippen LogP contribution in [0, 0.1) is 0 Å². The average Bonchev–Trinajstić information content (AvgIpc) is 1.66. The molecule has 0 aliphatic carbocycles. The maximum Gasteiger partial charge on any atom is 0.241 e. The summed E-state index contributed by atoms with van der Waals surface area (Å²) in [5.41, 5.74) is 5.25. The lowest BCUT2D eigenvalue weighted by Gasteiger charge is -1.73. The van der Waals surface area contributed by atoms with E-state index < -0.39 is 0 Å². The summed E-state index contributed by atoms with van der Waals surface area (Å²) in [6, 6.07) is 0. The number of hydrogen-bond acceptors (Lipinski definition) is 0. The SMILES string of the molecule is C=CC=C[NH+]=C(C)N. The fraction of sp³-hybridized carbons (Fsp3) is 0.167. The van der Waals surface area contributed by atoms with E-state index in [1.807, 2.05) is 0 Å². The van der Waals surface area contributed by atoms with Crippen LogP contribution in [0.25, 0.3) is 0 Å². The molecule has 0 aliphatic heterocycles. The normalized spacial score (nSPS) is 12.4. The topological polar surface area (TPSA) is 40.0 Å². The van der Waals surface area contributed by atoms with Gasteiger partial charge in [-0.2, -0.15) is 0 Å². The monoisotopic (exact) mass is 111 g/mol. The molecule has 0 aromatic rings. The smallest absolute Gasteiger partial charge is 0.241 e. The van der Waals surface area contributed by atoms with Crippen LogP contribution in [0.3, 0.4) is 0 Å². The van der Waals surface area contributed by atoms with Crippen molar-refractivity contribution in [2.45, 2.75) is 6.92 Å².